The van der Waals surface area contributed by atoms with E-state index in [1.165, 1.54) is 22.3 Å². The monoisotopic (exact) mass is 190 g/mol. The third kappa shape index (κ3) is 1.36. The Kier molecular flexibility index (Phi) is 2.15. The smallest absolute Gasteiger partial charge is 0.0491 e. The molecule has 1 N–H and O–H groups in total. The number of hydrogen-bond donors (Lipinski definition) is 1. The van der Waals surface area contributed by atoms with Crippen LogP contribution in [0.2, 0.25) is 0 Å². The molecule has 0 bridgehead atoms. The number of hydrogen-bond acceptors (Lipinski definition) is 1. The first kappa shape index (κ1) is 9.72. The topological polar surface area (TPSA) is 20.2 Å². The van der Waals surface area contributed by atoms with Crippen molar-refractivity contribution in [3.05, 3.63) is 34.4 Å². The predicted octanol–water partition coefficient (Wildman–Crippen LogP) is 2.40. The maximum atomic E-state index is 9.38. The molecule has 1 heteroatoms. The van der Waals surface area contributed by atoms with Gasteiger partial charge in [-0.15, -0.1) is 0 Å². The van der Waals surface area contributed by atoms with Gasteiger partial charge in [-0.1, -0.05) is 19.1 Å². The minimum Gasteiger partial charge on any atom is -0.396 e. The normalized spacial score (nSPS) is 18.3. The summed E-state index contributed by atoms with van der Waals surface area (Å²) in [6, 6.07) is 4.38. The van der Waals surface area contributed by atoms with Gasteiger partial charge in [-0.3, -0.25) is 0 Å². The average molecular weight is 190 g/mol. The van der Waals surface area contributed by atoms with Crippen LogP contribution in [0.15, 0.2) is 12.1 Å². The SMILES string of the molecule is Cc1ccc(C)c2c1CC(C)(CO)C2. The lowest BCUT2D eigenvalue weighted by molar-refractivity contribution is 0.152. The minimum absolute atomic E-state index is 0.0825. The molecule has 76 valence electrons. The Morgan fingerprint density at radius 1 is 1.14 bits per heavy atom. The summed E-state index contributed by atoms with van der Waals surface area (Å²) in [6.45, 7) is 6.80. The van der Waals surface area contributed by atoms with Crippen molar-refractivity contribution >= 4 is 0 Å². The summed E-state index contributed by atoms with van der Waals surface area (Å²) in [4.78, 5) is 0. The Balaban J connectivity index is 2.48. The lowest BCUT2D eigenvalue weighted by Crippen LogP contribution is -2.21. The number of benzene rings is 1. The number of aryl methyl sites for hydroxylation is 2. The van der Waals surface area contributed by atoms with Crippen LogP contribution in [0, 0.1) is 19.3 Å². The molecular weight excluding hydrogens is 172 g/mol. The highest BCUT2D eigenvalue weighted by atomic mass is 16.3. The number of aliphatic hydroxyl groups excluding tert-OH is 1. The summed E-state index contributed by atoms with van der Waals surface area (Å²) in [7, 11) is 0. The molecule has 0 unspecified atom stereocenters. The van der Waals surface area contributed by atoms with Crippen LogP contribution >= 0.6 is 0 Å². The molecule has 0 aromatic heterocycles. The molecule has 1 aliphatic rings. The van der Waals surface area contributed by atoms with Crippen molar-refractivity contribution in [1.29, 1.82) is 0 Å². The highest BCUT2D eigenvalue weighted by molar-refractivity contribution is 5.44. The van der Waals surface area contributed by atoms with Gasteiger partial charge in [0.2, 0.25) is 0 Å². The zero-order valence-corrected chi connectivity index (χ0v) is 9.22. The lowest BCUT2D eigenvalue weighted by atomic mass is 9.88. The third-order valence-corrected chi connectivity index (χ3v) is 3.49. The van der Waals surface area contributed by atoms with E-state index in [1.54, 1.807) is 0 Å². The molecule has 0 amide bonds. The first-order chi connectivity index (χ1) is 6.56. The summed E-state index contributed by atoms with van der Waals surface area (Å²) in [6.07, 6.45) is 2.07. The van der Waals surface area contributed by atoms with E-state index in [4.69, 9.17) is 0 Å². The average Bonchev–Trinajstić information content (AvgIpc) is 2.52. The van der Waals surface area contributed by atoms with Gasteiger partial charge in [-0.25, -0.2) is 0 Å². The molecule has 0 aliphatic heterocycles. The van der Waals surface area contributed by atoms with Crippen molar-refractivity contribution in [2.45, 2.75) is 33.6 Å². The summed E-state index contributed by atoms with van der Waals surface area (Å²) < 4.78 is 0. The zero-order chi connectivity index (χ0) is 10.3. The van der Waals surface area contributed by atoms with Crippen molar-refractivity contribution < 1.29 is 5.11 Å². The van der Waals surface area contributed by atoms with E-state index >= 15 is 0 Å². The molecule has 0 heterocycles. The van der Waals surface area contributed by atoms with E-state index in [1.807, 2.05) is 0 Å². The van der Waals surface area contributed by atoms with E-state index in [2.05, 4.69) is 32.9 Å². The van der Waals surface area contributed by atoms with Gasteiger partial charge in [-0.05, 0) is 54.4 Å². The van der Waals surface area contributed by atoms with Gasteiger partial charge in [0.25, 0.3) is 0 Å². The highest BCUT2D eigenvalue weighted by Crippen LogP contribution is 2.39. The molecule has 1 nitrogen and oxygen atoms in total. The molecule has 0 fully saturated rings. The van der Waals surface area contributed by atoms with Crippen LogP contribution in [0.25, 0.3) is 0 Å². The van der Waals surface area contributed by atoms with Crippen LogP contribution in [0.3, 0.4) is 0 Å². The van der Waals surface area contributed by atoms with E-state index in [0.717, 1.165) is 12.8 Å². The van der Waals surface area contributed by atoms with Crippen LogP contribution in [0.1, 0.15) is 29.2 Å². The summed E-state index contributed by atoms with van der Waals surface area (Å²) in [5.74, 6) is 0. The van der Waals surface area contributed by atoms with E-state index in [9.17, 15) is 5.11 Å². The Morgan fingerprint density at radius 3 is 1.93 bits per heavy atom. The van der Waals surface area contributed by atoms with Crippen molar-refractivity contribution in [3.63, 3.8) is 0 Å². The van der Waals surface area contributed by atoms with Crippen molar-refractivity contribution in [3.8, 4) is 0 Å². The standard InChI is InChI=1S/C13H18O/c1-9-4-5-10(2)12-7-13(3,8-14)6-11(9)12/h4-5,14H,6-8H2,1-3H3. The second-order valence-corrected chi connectivity index (χ2v) is 4.98. The first-order valence-electron chi connectivity index (χ1n) is 5.24. The number of rotatable bonds is 1. The van der Waals surface area contributed by atoms with Crippen molar-refractivity contribution in [2.75, 3.05) is 6.61 Å². The molecule has 2 rings (SSSR count). The maximum absolute atomic E-state index is 9.38. The maximum Gasteiger partial charge on any atom is 0.0491 e. The summed E-state index contributed by atoms with van der Waals surface area (Å²) in [5, 5.41) is 9.38. The van der Waals surface area contributed by atoms with Gasteiger partial charge in [0, 0.05) is 6.61 Å². The molecular formula is C13H18O. The van der Waals surface area contributed by atoms with Crippen LogP contribution in [0.5, 0.6) is 0 Å². The molecule has 1 aromatic carbocycles. The minimum atomic E-state index is 0.0825. The molecule has 0 radical (unpaired) electrons. The lowest BCUT2D eigenvalue weighted by Gasteiger charge is -2.19. The van der Waals surface area contributed by atoms with E-state index in [0.29, 0.717) is 6.61 Å². The van der Waals surface area contributed by atoms with Gasteiger partial charge in [0.1, 0.15) is 0 Å². The Bertz CT molecular complexity index is 335. The molecule has 0 saturated heterocycles. The first-order valence-corrected chi connectivity index (χ1v) is 5.24. The van der Waals surface area contributed by atoms with Crippen molar-refractivity contribution in [2.24, 2.45) is 5.41 Å². The van der Waals surface area contributed by atoms with Crippen LogP contribution < -0.4 is 0 Å². The predicted molar refractivity (Wildman–Crippen MR) is 58.5 cm³/mol. The Labute approximate surface area is 85.8 Å². The molecule has 0 atom stereocenters. The second-order valence-electron chi connectivity index (χ2n) is 4.98. The van der Waals surface area contributed by atoms with Gasteiger partial charge in [-0.2, -0.15) is 0 Å². The molecule has 1 aliphatic carbocycles. The third-order valence-electron chi connectivity index (χ3n) is 3.49. The van der Waals surface area contributed by atoms with Crippen LogP contribution in [0.4, 0.5) is 0 Å². The number of aliphatic hydroxyl groups is 1. The van der Waals surface area contributed by atoms with E-state index < -0.39 is 0 Å². The zero-order valence-electron chi connectivity index (χ0n) is 9.22. The van der Waals surface area contributed by atoms with Gasteiger partial charge >= 0.3 is 0 Å². The quantitative estimate of drug-likeness (QED) is 0.721. The van der Waals surface area contributed by atoms with Crippen molar-refractivity contribution in [1.82, 2.24) is 0 Å². The Morgan fingerprint density at radius 2 is 1.57 bits per heavy atom. The Hall–Kier alpha value is -0.820. The fraction of sp³-hybridized carbons (Fsp3) is 0.538. The second kappa shape index (κ2) is 3.09. The molecule has 0 spiro atoms. The summed E-state index contributed by atoms with van der Waals surface area (Å²) >= 11 is 0. The molecule has 14 heavy (non-hydrogen) atoms. The number of fused-ring (bicyclic) bond motifs is 1. The van der Waals surface area contributed by atoms with E-state index in [-0.39, 0.29) is 5.41 Å². The largest absolute Gasteiger partial charge is 0.396 e. The van der Waals surface area contributed by atoms with Gasteiger partial charge in [0.15, 0.2) is 0 Å². The highest BCUT2D eigenvalue weighted by Gasteiger charge is 2.33. The van der Waals surface area contributed by atoms with Crippen LogP contribution in [-0.4, -0.2) is 11.7 Å². The van der Waals surface area contributed by atoms with Gasteiger partial charge in [0.05, 0.1) is 0 Å². The summed E-state index contributed by atoms with van der Waals surface area (Å²) in [5.41, 5.74) is 5.78. The fourth-order valence-electron chi connectivity index (χ4n) is 2.45. The molecule has 0 saturated carbocycles. The molecule has 1 aromatic rings. The fourth-order valence-corrected chi connectivity index (χ4v) is 2.45. The van der Waals surface area contributed by atoms with Crippen LogP contribution in [-0.2, 0) is 12.8 Å². The van der Waals surface area contributed by atoms with Gasteiger partial charge < -0.3 is 5.11 Å².